The van der Waals surface area contributed by atoms with Crippen LogP contribution in [0, 0.1) is 11.6 Å². The maximum absolute atomic E-state index is 13.1. The molecule has 1 rings (SSSR count). The molecular formula is C8H7F2NOS. The van der Waals surface area contributed by atoms with Gasteiger partial charge in [-0.3, -0.25) is 0 Å². The van der Waals surface area contributed by atoms with E-state index in [9.17, 15) is 8.78 Å². The van der Waals surface area contributed by atoms with Gasteiger partial charge in [0, 0.05) is 5.56 Å². The maximum atomic E-state index is 13.1. The summed E-state index contributed by atoms with van der Waals surface area (Å²) in [6.07, 6.45) is 0. The van der Waals surface area contributed by atoms with Crippen LogP contribution in [-0.4, -0.2) is 12.1 Å². The molecule has 0 aliphatic heterocycles. The highest BCUT2D eigenvalue weighted by Gasteiger charge is 2.14. The molecular weight excluding hydrogens is 196 g/mol. The average molecular weight is 203 g/mol. The standard InChI is InChI=1S/C8H7F2NOS/c1-12-5-3-2-4(8(11)13)6(9)7(5)10/h2-3H,1H3,(H2,11,13). The van der Waals surface area contributed by atoms with Crippen molar-refractivity contribution in [2.24, 2.45) is 5.73 Å². The zero-order chi connectivity index (χ0) is 10.0. The highest BCUT2D eigenvalue weighted by Crippen LogP contribution is 2.21. The van der Waals surface area contributed by atoms with Crippen molar-refractivity contribution < 1.29 is 13.5 Å². The SMILES string of the molecule is COc1ccc(C(N)=S)c(F)c1F. The van der Waals surface area contributed by atoms with Crippen LogP contribution in [0.2, 0.25) is 0 Å². The van der Waals surface area contributed by atoms with Crippen LogP contribution < -0.4 is 10.5 Å². The van der Waals surface area contributed by atoms with Gasteiger partial charge >= 0.3 is 0 Å². The van der Waals surface area contributed by atoms with Crippen molar-refractivity contribution in [3.05, 3.63) is 29.3 Å². The number of benzene rings is 1. The van der Waals surface area contributed by atoms with Crippen LogP contribution in [0.25, 0.3) is 0 Å². The molecule has 0 aliphatic rings. The topological polar surface area (TPSA) is 35.2 Å². The third kappa shape index (κ3) is 1.75. The van der Waals surface area contributed by atoms with Gasteiger partial charge in [-0.2, -0.15) is 4.39 Å². The van der Waals surface area contributed by atoms with Gasteiger partial charge in [-0.25, -0.2) is 4.39 Å². The third-order valence-corrected chi connectivity index (χ3v) is 1.75. The lowest BCUT2D eigenvalue weighted by molar-refractivity contribution is 0.371. The molecule has 0 radical (unpaired) electrons. The Kier molecular flexibility index (Phi) is 2.77. The Balaban J connectivity index is 3.31. The van der Waals surface area contributed by atoms with Crippen LogP contribution in [-0.2, 0) is 0 Å². The van der Waals surface area contributed by atoms with Crippen molar-refractivity contribution in [3.63, 3.8) is 0 Å². The molecule has 1 aromatic carbocycles. The highest BCUT2D eigenvalue weighted by atomic mass is 32.1. The Morgan fingerprint density at radius 1 is 1.38 bits per heavy atom. The fourth-order valence-electron chi connectivity index (χ4n) is 0.880. The van der Waals surface area contributed by atoms with Crippen molar-refractivity contribution >= 4 is 17.2 Å². The van der Waals surface area contributed by atoms with E-state index >= 15 is 0 Å². The van der Waals surface area contributed by atoms with Crippen LogP contribution in [0.1, 0.15) is 5.56 Å². The molecule has 0 atom stereocenters. The monoisotopic (exact) mass is 203 g/mol. The van der Waals surface area contributed by atoms with Crippen molar-refractivity contribution in [1.82, 2.24) is 0 Å². The normalized spacial score (nSPS) is 9.77. The van der Waals surface area contributed by atoms with Gasteiger partial charge in [-0.15, -0.1) is 0 Å². The molecule has 0 spiro atoms. The first-order valence-corrected chi connectivity index (χ1v) is 3.80. The second kappa shape index (κ2) is 3.66. The summed E-state index contributed by atoms with van der Waals surface area (Å²) in [5.41, 5.74) is 5.04. The van der Waals surface area contributed by atoms with Gasteiger partial charge in [0.25, 0.3) is 0 Å². The van der Waals surface area contributed by atoms with Crippen LogP contribution in [0.3, 0.4) is 0 Å². The molecule has 0 amide bonds. The molecule has 1 aromatic rings. The first-order valence-electron chi connectivity index (χ1n) is 3.39. The number of ether oxygens (including phenoxy) is 1. The molecule has 0 aromatic heterocycles. The first kappa shape index (κ1) is 9.85. The summed E-state index contributed by atoms with van der Waals surface area (Å²) in [4.78, 5) is -0.181. The van der Waals surface area contributed by atoms with Gasteiger partial charge < -0.3 is 10.5 Å². The Morgan fingerprint density at radius 2 is 2.00 bits per heavy atom. The number of hydrogen-bond acceptors (Lipinski definition) is 2. The van der Waals surface area contributed by atoms with Gasteiger partial charge in [0.05, 0.1) is 7.11 Å². The fourth-order valence-corrected chi connectivity index (χ4v) is 1.04. The Morgan fingerprint density at radius 3 is 2.46 bits per heavy atom. The number of hydrogen-bond donors (Lipinski definition) is 1. The molecule has 0 heterocycles. The molecule has 70 valence electrons. The number of thiocarbonyl (C=S) groups is 1. The highest BCUT2D eigenvalue weighted by molar-refractivity contribution is 7.80. The molecule has 0 saturated heterocycles. The Bertz CT molecular complexity index is 354. The van der Waals surface area contributed by atoms with E-state index in [4.69, 9.17) is 5.73 Å². The number of nitrogens with two attached hydrogens (primary N) is 1. The Hall–Kier alpha value is -1.23. The predicted octanol–water partition coefficient (Wildman–Crippen LogP) is 1.61. The minimum Gasteiger partial charge on any atom is -0.494 e. The zero-order valence-corrected chi connectivity index (χ0v) is 7.62. The van der Waals surface area contributed by atoms with Gasteiger partial charge in [0.1, 0.15) is 4.99 Å². The summed E-state index contributed by atoms with van der Waals surface area (Å²) in [6, 6.07) is 2.55. The van der Waals surface area contributed by atoms with Crippen LogP contribution in [0.4, 0.5) is 8.78 Å². The molecule has 0 unspecified atom stereocenters. The van der Waals surface area contributed by atoms with E-state index in [1.54, 1.807) is 0 Å². The largest absolute Gasteiger partial charge is 0.494 e. The van der Waals surface area contributed by atoms with Gasteiger partial charge in [0.2, 0.25) is 5.82 Å². The van der Waals surface area contributed by atoms with Crippen LogP contribution >= 0.6 is 12.2 Å². The van der Waals surface area contributed by atoms with Crippen LogP contribution in [0.5, 0.6) is 5.75 Å². The van der Waals surface area contributed by atoms with E-state index in [2.05, 4.69) is 17.0 Å². The lowest BCUT2D eigenvalue weighted by atomic mass is 10.2. The van der Waals surface area contributed by atoms with E-state index in [1.165, 1.54) is 19.2 Å². The molecule has 0 aliphatic carbocycles. The number of halogens is 2. The summed E-state index contributed by atoms with van der Waals surface area (Å²) in [5.74, 6) is -2.32. The molecule has 2 nitrogen and oxygen atoms in total. The smallest absolute Gasteiger partial charge is 0.201 e. The molecule has 13 heavy (non-hydrogen) atoms. The second-order valence-electron chi connectivity index (χ2n) is 2.31. The van der Waals surface area contributed by atoms with Crippen molar-refractivity contribution in [2.45, 2.75) is 0 Å². The summed E-state index contributed by atoms with van der Waals surface area (Å²) in [5, 5.41) is 0. The lowest BCUT2D eigenvalue weighted by Crippen LogP contribution is -2.12. The summed E-state index contributed by atoms with van der Waals surface area (Å²) < 4.78 is 30.6. The van der Waals surface area contributed by atoms with Crippen molar-refractivity contribution in [3.8, 4) is 5.75 Å². The molecule has 5 heteroatoms. The van der Waals surface area contributed by atoms with Gasteiger partial charge in [-0.1, -0.05) is 12.2 Å². The Labute approximate surface area is 79.3 Å². The fraction of sp³-hybridized carbons (Fsp3) is 0.125. The minimum absolute atomic E-state index is 0.117. The molecule has 0 fully saturated rings. The first-order chi connectivity index (χ1) is 6.07. The van der Waals surface area contributed by atoms with Crippen molar-refractivity contribution in [2.75, 3.05) is 7.11 Å². The van der Waals surface area contributed by atoms with E-state index < -0.39 is 11.6 Å². The van der Waals surface area contributed by atoms with E-state index in [1.807, 2.05) is 0 Å². The molecule has 0 saturated carbocycles. The summed E-state index contributed by atoms with van der Waals surface area (Å²) in [6.45, 7) is 0. The van der Waals surface area contributed by atoms with Crippen LogP contribution in [0.15, 0.2) is 12.1 Å². The number of rotatable bonds is 2. The predicted molar refractivity (Wildman–Crippen MR) is 48.8 cm³/mol. The average Bonchev–Trinajstić information content (AvgIpc) is 2.09. The summed E-state index contributed by atoms with van der Waals surface area (Å²) in [7, 11) is 1.25. The van der Waals surface area contributed by atoms with Gasteiger partial charge in [-0.05, 0) is 12.1 Å². The minimum atomic E-state index is -1.08. The van der Waals surface area contributed by atoms with E-state index in [0.29, 0.717) is 0 Å². The maximum Gasteiger partial charge on any atom is 0.201 e. The molecule has 2 N–H and O–H groups in total. The third-order valence-electron chi connectivity index (χ3n) is 1.53. The van der Waals surface area contributed by atoms with Crippen molar-refractivity contribution in [1.29, 1.82) is 0 Å². The summed E-state index contributed by atoms with van der Waals surface area (Å²) >= 11 is 4.52. The second-order valence-corrected chi connectivity index (χ2v) is 2.75. The quantitative estimate of drug-likeness (QED) is 0.741. The van der Waals surface area contributed by atoms with E-state index in [0.717, 1.165) is 0 Å². The van der Waals surface area contributed by atoms with E-state index in [-0.39, 0.29) is 16.3 Å². The number of methoxy groups -OCH3 is 1. The zero-order valence-electron chi connectivity index (χ0n) is 6.80. The van der Waals surface area contributed by atoms with Gasteiger partial charge in [0.15, 0.2) is 11.6 Å². The molecule has 0 bridgehead atoms. The lowest BCUT2D eigenvalue weighted by Gasteiger charge is -2.05.